The molecule has 0 bridgehead atoms. The van der Waals surface area contributed by atoms with Gasteiger partial charge in [-0.25, -0.2) is 4.39 Å². The first kappa shape index (κ1) is 11.9. The molecular weight excluding hydrogens is 225 g/mol. The SMILES string of the molecule is CC(F)(c1ccc(Cl)cc1)C1CCCNC1. The molecule has 1 aromatic carbocycles. The Morgan fingerprint density at radius 3 is 2.62 bits per heavy atom. The predicted molar refractivity (Wildman–Crippen MR) is 65.5 cm³/mol. The third-order valence-electron chi connectivity index (χ3n) is 3.47. The molecule has 1 heterocycles. The molecule has 1 N–H and O–H groups in total. The van der Waals surface area contributed by atoms with Crippen molar-refractivity contribution in [3.63, 3.8) is 0 Å². The Morgan fingerprint density at radius 2 is 2.06 bits per heavy atom. The quantitative estimate of drug-likeness (QED) is 0.836. The van der Waals surface area contributed by atoms with Crippen LogP contribution in [0, 0.1) is 5.92 Å². The molecule has 0 radical (unpaired) electrons. The number of hydrogen-bond acceptors (Lipinski definition) is 1. The Labute approximate surface area is 101 Å². The third kappa shape index (κ3) is 2.38. The lowest BCUT2D eigenvalue weighted by Gasteiger charge is -2.34. The summed E-state index contributed by atoms with van der Waals surface area (Å²) in [5.74, 6) is 0.0578. The van der Waals surface area contributed by atoms with Crippen molar-refractivity contribution in [1.29, 1.82) is 0 Å². The second-order valence-corrected chi connectivity index (χ2v) is 5.06. The standard InChI is InChI=1S/C13H17ClFN/c1-13(15,11-3-2-8-16-9-11)10-4-6-12(14)7-5-10/h4-7,11,16H,2-3,8-9H2,1H3. The molecule has 0 saturated carbocycles. The molecule has 1 fully saturated rings. The molecular formula is C13H17ClFN. The maximum Gasteiger partial charge on any atom is 0.137 e. The highest BCUT2D eigenvalue weighted by Crippen LogP contribution is 2.37. The van der Waals surface area contributed by atoms with Gasteiger partial charge in [-0.15, -0.1) is 0 Å². The van der Waals surface area contributed by atoms with Crippen LogP contribution >= 0.6 is 11.6 Å². The van der Waals surface area contributed by atoms with Gasteiger partial charge in [-0.05, 0) is 44.0 Å². The third-order valence-corrected chi connectivity index (χ3v) is 3.72. The fourth-order valence-corrected chi connectivity index (χ4v) is 2.45. The van der Waals surface area contributed by atoms with Crippen LogP contribution in [-0.2, 0) is 5.67 Å². The molecule has 2 rings (SSSR count). The largest absolute Gasteiger partial charge is 0.316 e. The summed E-state index contributed by atoms with van der Waals surface area (Å²) in [5.41, 5.74) is -0.538. The van der Waals surface area contributed by atoms with E-state index in [-0.39, 0.29) is 5.92 Å². The zero-order valence-electron chi connectivity index (χ0n) is 9.47. The van der Waals surface area contributed by atoms with Gasteiger partial charge in [0.1, 0.15) is 5.67 Å². The van der Waals surface area contributed by atoms with Gasteiger partial charge in [0.05, 0.1) is 0 Å². The predicted octanol–water partition coefficient (Wildman–Crippen LogP) is 3.52. The molecule has 3 heteroatoms. The molecule has 0 spiro atoms. The molecule has 1 nitrogen and oxygen atoms in total. The Balaban J connectivity index is 2.19. The van der Waals surface area contributed by atoms with E-state index < -0.39 is 5.67 Å². The van der Waals surface area contributed by atoms with Gasteiger partial charge in [0, 0.05) is 17.5 Å². The summed E-state index contributed by atoms with van der Waals surface area (Å²) in [5, 5.41) is 3.91. The zero-order chi connectivity index (χ0) is 11.6. The van der Waals surface area contributed by atoms with Gasteiger partial charge in [0.15, 0.2) is 0 Å². The van der Waals surface area contributed by atoms with E-state index >= 15 is 0 Å². The molecule has 1 aliphatic rings. The minimum Gasteiger partial charge on any atom is -0.316 e. The van der Waals surface area contributed by atoms with Gasteiger partial charge >= 0.3 is 0 Å². The number of rotatable bonds is 2. The van der Waals surface area contributed by atoms with E-state index in [1.165, 1.54) is 0 Å². The van der Waals surface area contributed by atoms with Crippen molar-refractivity contribution in [2.75, 3.05) is 13.1 Å². The molecule has 1 aliphatic heterocycles. The monoisotopic (exact) mass is 241 g/mol. The molecule has 88 valence electrons. The van der Waals surface area contributed by atoms with Crippen LogP contribution in [0.5, 0.6) is 0 Å². The summed E-state index contributed by atoms with van der Waals surface area (Å²) >= 11 is 5.81. The van der Waals surface area contributed by atoms with Crippen molar-refractivity contribution in [2.24, 2.45) is 5.92 Å². The van der Waals surface area contributed by atoms with Crippen LogP contribution in [0.4, 0.5) is 4.39 Å². The highest BCUT2D eigenvalue weighted by atomic mass is 35.5. The topological polar surface area (TPSA) is 12.0 Å². The van der Waals surface area contributed by atoms with E-state index in [4.69, 9.17) is 11.6 Å². The number of alkyl halides is 1. The summed E-state index contributed by atoms with van der Waals surface area (Å²) in [6, 6.07) is 7.09. The van der Waals surface area contributed by atoms with Gasteiger partial charge < -0.3 is 5.32 Å². The Morgan fingerprint density at radius 1 is 1.38 bits per heavy atom. The maximum atomic E-state index is 14.8. The van der Waals surface area contributed by atoms with Crippen LogP contribution in [0.15, 0.2) is 24.3 Å². The molecule has 16 heavy (non-hydrogen) atoms. The first-order valence-electron chi connectivity index (χ1n) is 5.76. The minimum absolute atomic E-state index is 0.0578. The lowest BCUT2D eigenvalue weighted by Crippen LogP contribution is -2.39. The molecule has 0 amide bonds. The van der Waals surface area contributed by atoms with Gasteiger partial charge in [0.25, 0.3) is 0 Å². The lowest BCUT2D eigenvalue weighted by molar-refractivity contribution is 0.0812. The summed E-state index contributed by atoms with van der Waals surface area (Å²) in [4.78, 5) is 0. The Hall–Kier alpha value is -0.600. The van der Waals surface area contributed by atoms with Gasteiger partial charge in [0.2, 0.25) is 0 Å². The second kappa shape index (κ2) is 4.72. The van der Waals surface area contributed by atoms with Crippen LogP contribution in [0.1, 0.15) is 25.3 Å². The van der Waals surface area contributed by atoms with E-state index in [9.17, 15) is 4.39 Å². The number of nitrogens with one attached hydrogen (secondary N) is 1. The zero-order valence-corrected chi connectivity index (χ0v) is 10.2. The molecule has 2 atom stereocenters. The Kier molecular flexibility index (Phi) is 3.50. The van der Waals surface area contributed by atoms with Crippen molar-refractivity contribution in [3.8, 4) is 0 Å². The number of piperidine rings is 1. The van der Waals surface area contributed by atoms with E-state index in [1.807, 2.05) is 0 Å². The number of benzene rings is 1. The van der Waals surface area contributed by atoms with Crippen LogP contribution in [0.2, 0.25) is 5.02 Å². The molecule has 2 unspecified atom stereocenters. The smallest absolute Gasteiger partial charge is 0.137 e. The normalized spacial score (nSPS) is 25.1. The number of hydrogen-bond donors (Lipinski definition) is 1. The van der Waals surface area contributed by atoms with E-state index in [0.29, 0.717) is 5.02 Å². The van der Waals surface area contributed by atoms with Crippen molar-refractivity contribution in [3.05, 3.63) is 34.9 Å². The average molecular weight is 242 g/mol. The van der Waals surface area contributed by atoms with E-state index in [0.717, 1.165) is 31.5 Å². The molecule has 1 saturated heterocycles. The summed E-state index contributed by atoms with van der Waals surface area (Å²) < 4.78 is 14.8. The second-order valence-electron chi connectivity index (χ2n) is 4.63. The number of halogens is 2. The van der Waals surface area contributed by atoms with E-state index in [2.05, 4.69) is 5.32 Å². The van der Waals surface area contributed by atoms with Crippen LogP contribution in [0.25, 0.3) is 0 Å². The van der Waals surface area contributed by atoms with Crippen LogP contribution in [0.3, 0.4) is 0 Å². The Bertz CT molecular complexity index is 341. The van der Waals surface area contributed by atoms with Crippen molar-refractivity contribution in [1.82, 2.24) is 5.32 Å². The van der Waals surface area contributed by atoms with Crippen LogP contribution in [-0.4, -0.2) is 13.1 Å². The van der Waals surface area contributed by atoms with Crippen molar-refractivity contribution in [2.45, 2.75) is 25.4 Å². The first-order chi connectivity index (χ1) is 7.60. The van der Waals surface area contributed by atoms with E-state index in [1.54, 1.807) is 31.2 Å². The molecule has 1 aromatic rings. The minimum atomic E-state index is -1.27. The van der Waals surface area contributed by atoms with Gasteiger partial charge in [-0.3, -0.25) is 0 Å². The maximum absolute atomic E-state index is 14.8. The van der Waals surface area contributed by atoms with Gasteiger partial charge in [-0.2, -0.15) is 0 Å². The summed E-state index contributed by atoms with van der Waals surface area (Å²) in [7, 11) is 0. The van der Waals surface area contributed by atoms with Crippen molar-refractivity contribution >= 4 is 11.6 Å². The van der Waals surface area contributed by atoms with Crippen LogP contribution < -0.4 is 5.32 Å². The fraction of sp³-hybridized carbons (Fsp3) is 0.538. The summed E-state index contributed by atoms with van der Waals surface area (Å²) in [6.07, 6.45) is 2.00. The first-order valence-corrected chi connectivity index (χ1v) is 6.14. The lowest BCUT2D eigenvalue weighted by atomic mass is 9.80. The fourth-order valence-electron chi connectivity index (χ4n) is 2.33. The summed E-state index contributed by atoms with van der Waals surface area (Å²) in [6.45, 7) is 3.44. The molecule has 0 aliphatic carbocycles. The van der Waals surface area contributed by atoms with Gasteiger partial charge in [-0.1, -0.05) is 23.7 Å². The highest BCUT2D eigenvalue weighted by molar-refractivity contribution is 6.30. The molecule has 0 aromatic heterocycles. The van der Waals surface area contributed by atoms with Crippen molar-refractivity contribution < 1.29 is 4.39 Å². The highest BCUT2D eigenvalue weighted by Gasteiger charge is 2.36. The average Bonchev–Trinajstić information content (AvgIpc) is 2.31.